The van der Waals surface area contributed by atoms with Gasteiger partial charge in [0.2, 0.25) is 0 Å². The summed E-state index contributed by atoms with van der Waals surface area (Å²) in [6.45, 7) is 5.29. The van der Waals surface area contributed by atoms with Crippen LogP contribution in [0.2, 0.25) is 0 Å². The lowest BCUT2D eigenvalue weighted by Gasteiger charge is -2.11. The summed E-state index contributed by atoms with van der Waals surface area (Å²) >= 11 is 0. The first-order valence-corrected chi connectivity index (χ1v) is 7.56. The SMILES string of the molecule is CCCNC(=O)c1cccc(CNC(=O)NCC(C)CO)c1. The van der Waals surface area contributed by atoms with Crippen LogP contribution in [0.15, 0.2) is 24.3 Å². The van der Waals surface area contributed by atoms with Gasteiger partial charge in [-0.1, -0.05) is 26.0 Å². The van der Waals surface area contributed by atoms with Crippen molar-refractivity contribution in [1.82, 2.24) is 16.0 Å². The summed E-state index contributed by atoms with van der Waals surface area (Å²) in [5.41, 5.74) is 1.44. The van der Waals surface area contributed by atoms with Gasteiger partial charge >= 0.3 is 6.03 Å². The first-order valence-electron chi connectivity index (χ1n) is 7.56. The predicted octanol–water partition coefficient (Wildman–Crippen LogP) is 1.25. The minimum atomic E-state index is -0.291. The lowest BCUT2D eigenvalue weighted by molar-refractivity contribution is 0.0953. The van der Waals surface area contributed by atoms with Crippen LogP contribution in [0.3, 0.4) is 0 Å². The van der Waals surface area contributed by atoms with E-state index >= 15 is 0 Å². The number of aliphatic hydroxyl groups excluding tert-OH is 1. The molecular formula is C16H25N3O3. The lowest BCUT2D eigenvalue weighted by atomic mass is 10.1. The van der Waals surface area contributed by atoms with Crippen molar-refractivity contribution >= 4 is 11.9 Å². The normalized spacial score (nSPS) is 11.6. The van der Waals surface area contributed by atoms with Crippen molar-refractivity contribution in [2.75, 3.05) is 19.7 Å². The molecule has 6 heteroatoms. The first kappa shape index (κ1) is 18.0. The van der Waals surface area contributed by atoms with Gasteiger partial charge in [0.05, 0.1) is 0 Å². The monoisotopic (exact) mass is 307 g/mol. The Morgan fingerprint density at radius 1 is 1.23 bits per heavy atom. The maximum Gasteiger partial charge on any atom is 0.315 e. The van der Waals surface area contributed by atoms with Gasteiger partial charge in [0.25, 0.3) is 5.91 Å². The Balaban J connectivity index is 2.46. The molecule has 0 aliphatic carbocycles. The molecular weight excluding hydrogens is 282 g/mol. The maximum absolute atomic E-state index is 11.9. The molecule has 22 heavy (non-hydrogen) atoms. The molecule has 6 nitrogen and oxygen atoms in total. The average Bonchev–Trinajstić information content (AvgIpc) is 2.55. The Labute approximate surface area is 131 Å². The molecule has 122 valence electrons. The van der Waals surface area contributed by atoms with E-state index in [0.29, 0.717) is 25.2 Å². The van der Waals surface area contributed by atoms with Gasteiger partial charge in [-0.2, -0.15) is 0 Å². The summed E-state index contributed by atoms with van der Waals surface area (Å²) in [5, 5.41) is 17.1. The first-order chi connectivity index (χ1) is 10.6. The number of hydrogen-bond donors (Lipinski definition) is 4. The lowest BCUT2D eigenvalue weighted by Crippen LogP contribution is -2.38. The van der Waals surface area contributed by atoms with E-state index in [-0.39, 0.29) is 24.5 Å². The summed E-state index contributed by atoms with van der Waals surface area (Å²) < 4.78 is 0. The molecule has 1 aromatic carbocycles. The topological polar surface area (TPSA) is 90.5 Å². The molecule has 0 fully saturated rings. The largest absolute Gasteiger partial charge is 0.396 e. The minimum Gasteiger partial charge on any atom is -0.396 e. The summed E-state index contributed by atoms with van der Waals surface area (Å²) in [6, 6.07) is 6.87. The highest BCUT2D eigenvalue weighted by Crippen LogP contribution is 2.05. The van der Waals surface area contributed by atoms with Crippen molar-refractivity contribution in [1.29, 1.82) is 0 Å². The Morgan fingerprint density at radius 3 is 2.68 bits per heavy atom. The van der Waals surface area contributed by atoms with Crippen molar-refractivity contribution in [3.63, 3.8) is 0 Å². The summed E-state index contributed by atoms with van der Waals surface area (Å²) in [5.74, 6) is -0.0822. The molecule has 0 aromatic heterocycles. The van der Waals surface area contributed by atoms with E-state index in [2.05, 4.69) is 16.0 Å². The third-order valence-corrected chi connectivity index (χ3v) is 3.10. The minimum absolute atomic E-state index is 0.0244. The van der Waals surface area contributed by atoms with Crippen LogP contribution in [0.1, 0.15) is 36.2 Å². The number of urea groups is 1. The third kappa shape index (κ3) is 6.58. The molecule has 4 N–H and O–H groups in total. The second kappa shape index (κ2) is 9.78. The second-order valence-corrected chi connectivity index (χ2v) is 5.31. The fourth-order valence-electron chi connectivity index (χ4n) is 1.74. The fourth-order valence-corrected chi connectivity index (χ4v) is 1.74. The number of nitrogens with one attached hydrogen (secondary N) is 3. The molecule has 0 radical (unpaired) electrons. The smallest absolute Gasteiger partial charge is 0.315 e. The zero-order chi connectivity index (χ0) is 16.4. The number of hydrogen-bond acceptors (Lipinski definition) is 3. The van der Waals surface area contributed by atoms with Gasteiger partial charge in [-0.15, -0.1) is 0 Å². The molecule has 1 rings (SSSR count). The zero-order valence-electron chi connectivity index (χ0n) is 13.2. The molecule has 0 saturated heterocycles. The van der Waals surface area contributed by atoms with Gasteiger partial charge in [-0.25, -0.2) is 4.79 Å². The van der Waals surface area contributed by atoms with E-state index in [1.165, 1.54) is 0 Å². The summed E-state index contributed by atoms with van der Waals surface area (Å²) in [6.07, 6.45) is 0.888. The van der Waals surface area contributed by atoms with Crippen LogP contribution in [-0.2, 0) is 6.54 Å². The third-order valence-electron chi connectivity index (χ3n) is 3.10. The fraction of sp³-hybridized carbons (Fsp3) is 0.500. The van der Waals surface area contributed by atoms with Crippen molar-refractivity contribution in [3.8, 4) is 0 Å². The Kier molecular flexibility index (Phi) is 7.99. The van der Waals surface area contributed by atoms with Crippen LogP contribution in [0.4, 0.5) is 4.79 Å². The number of rotatable bonds is 8. The Bertz CT molecular complexity index is 491. The van der Waals surface area contributed by atoms with E-state index in [0.717, 1.165) is 12.0 Å². The molecule has 0 heterocycles. The summed E-state index contributed by atoms with van der Waals surface area (Å²) in [7, 11) is 0. The van der Waals surface area contributed by atoms with Gasteiger partial charge in [-0.05, 0) is 30.0 Å². The molecule has 1 unspecified atom stereocenters. The van der Waals surface area contributed by atoms with Crippen LogP contribution in [0.25, 0.3) is 0 Å². The number of benzene rings is 1. The van der Waals surface area contributed by atoms with Crippen LogP contribution < -0.4 is 16.0 Å². The highest BCUT2D eigenvalue weighted by molar-refractivity contribution is 5.94. The van der Waals surface area contributed by atoms with Crippen LogP contribution in [0, 0.1) is 5.92 Å². The van der Waals surface area contributed by atoms with Crippen molar-refractivity contribution in [3.05, 3.63) is 35.4 Å². The Morgan fingerprint density at radius 2 is 2.00 bits per heavy atom. The van der Waals surface area contributed by atoms with Gasteiger partial charge in [0.15, 0.2) is 0 Å². The number of amides is 3. The van der Waals surface area contributed by atoms with Crippen LogP contribution in [0.5, 0.6) is 0 Å². The molecule has 0 saturated carbocycles. The van der Waals surface area contributed by atoms with E-state index in [4.69, 9.17) is 5.11 Å². The quantitative estimate of drug-likeness (QED) is 0.583. The molecule has 3 amide bonds. The number of aliphatic hydroxyl groups is 1. The molecule has 1 aromatic rings. The zero-order valence-corrected chi connectivity index (χ0v) is 13.2. The van der Waals surface area contributed by atoms with Crippen LogP contribution in [-0.4, -0.2) is 36.7 Å². The van der Waals surface area contributed by atoms with Gasteiger partial charge in [0, 0.05) is 31.8 Å². The average molecular weight is 307 g/mol. The molecule has 0 aliphatic heterocycles. The highest BCUT2D eigenvalue weighted by atomic mass is 16.3. The second-order valence-electron chi connectivity index (χ2n) is 5.31. The molecule has 0 bridgehead atoms. The van der Waals surface area contributed by atoms with Crippen molar-refractivity contribution in [2.45, 2.75) is 26.8 Å². The molecule has 0 spiro atoms. The van der Waals surface area contributed by atoms with E-state index < -0.39 is 0 Å². The number of carbonyl (C=O) groups is 2. The standard InChI is InChI=1S/C16H25N3O3/c1-3-7-17-15(21)14-6-4-5-13(8-14)10-19-16(22)18-9-12(2)11-20/h4-6,8,12,20H,3,7,9-11H2,1-2H3,(H,17,21)(H2,18,19,22). The summed E-state index contributed by atoms with van der Waals surface area (Å²) in [4.78, 5) is 23.5. The van der Waals surface area contributed by atoms with E-state index in [9.17, 15) is 9.59 Å². The van der Waals surface area contributed by atoms with Crippen molar-refractivity contribution < 1.29 is 14.7 Å². The molecule has 1 atom stereocenters. The van der Waals surface area contributed by atoms with Gasteiger partial charge in [-0.3, -0.25) is 4.79 Å². The van der Waals surface area contributed by atoms with Crippen LogP contribution >= 0.6 is 0 Å². The van der Waals surface area contributed by atoms with E-state index in [1.54, 1.807) is 18.2 Å². The molecule has 0 aliphatic rings. The Hall–Kier alpha value is -2.08. The van der Waals surface area contributed by atoms with Crippen molar-refractivity contribution in [2.24, 2.45) is 5.92 Å². The number of carbonyl (C=O) groups excluding carboxylic acids is 2. The van der Waals surface area contributed by atoms with Gasteiger partial charge < -0.3 is 21.1 Å². The van der Waals surface area contributed by atoms with E-state index in [1.807, 2.05) is 19.9 Å². The highest BCUT2D eigenvalue weighted by Gasteiger charge is 2.07. The van der Waals surface area contributed by atoms with Gasteiger partial charge in [0.1, 0.15) is 0 Å². The maximum atomic E-state index is 11.9. The predicted molar refractivity (Wildman–Crippen MR) is 85.6 cm³/mol.